The van der Waals surface area contributed by atoms with Crippen molar-refractivity contribution in [2.45, 2.75) is 20.8 Å². The van der Waals surface area contributed by atoms with Crippen molar-refractivity contribution in [3.8, 4) is 0 Å². The first-order valence-corrected chi connectivity index (χ1v) is 7.39. The third-order valence-electron chi connectivity index (χ3n) is 3.23. The van der Waals surface area contributed by atoms with Crippen molar-refractivity contribution in [3.63, 3.8) is 0 Å². The lowest BCUT2D eigenvalue weighted by Gasteiger charge is -2.13. The largest absolute Gasteiger partial charge is 0.294 e. The molecule has 17 heavy (non-hydrogen) atoms. The summed E-state index contributed by atoms with van der Waals surface area (Å²) in [5.74, 6) is 0.709. The fraction of sp³-hybridized carbons (Fsp3) is 0.357. The number of ketones is 1. The molecule has 0 spiro atoms. The van der Waals surface area contributed by atoms with Crippen molar-refractivity contribution in [2.75, 3.05) is 0 Å². The van der Waals surface area contributed by atoms with Gasteiger partial charge in [0, 0.05) is 31.4 Å². The summed E-state index contributed by atoms with van der Waals surface area (Å²) < 4.78 is 2.23. The van der Waals surface area contributed by atoms with Crippen molar-refractivity contribution in [3.05, 3.63) is 33.6 Å². The molecule has 0 radical (unpaired) electrons. The Labute approximate surface area is 114 Å². The molecule has 3 heteroatoms. The predicted molar refractivity (Wildman–Crippen MR) is 77.9 cm³/mol. The van der Waals surface area contributed by atoms with E-state index in [1.165, 1.54) is 0 Å². The van der Waals surface area contributed by atoms with Crippen LogP contribution in [0, 0.1) is 11.8 Å². The Bertz CT molecular complexity index is 556. The van der Waals surface area contributed by atoms with Gasteiger partial charge in [-0.25, -0.2) is 0 Å². The van der Waals surface area contributed by atoms with Gasteiger partial charge in [0.25, 0.3) is 0 Å². The molecular formula is C14H15BrOS. The van der Waals surface area contributed by atoms with E-state index in [2.05, 4.69) is 29.8 Å². The van der Waals surface area contributed by atoms with E-state index in [9.17, 15) is 4.79 Å². The van der Waals surface area contributed by atoms with Crippen molar-refractivity contribution < 1.29 is 4.79 Å². The van der Waals surface area contributed by atoms with Crippen LogP contribution in [-0.2, 0) is 0 Å². The number of carbonyl (C=O) groups excluding carboxylic acids is 1. The van der Waals surface area contributed by atoms with E-state index in [0.717, 1.165) is 20.1 Å². The van der Waals surface area contributed by atoms with Crippen LogP contribution in [0.4, 0.5) is 0 Å². The fourth-order valence-electron chi connectivity index (χ4n) is 1.76. The zero-order chi connectivity index (χ0) is 12.6. The standard InChI is InChI=1S/C14H15BrOS/c1-8(2)9(3)13(16)11-7-17-14-10(11)5-4-6-12(14)15/h4-9H,1-3H3. The molecule has 0 saturated carbocycles. The van der Waals surface area contributed by atoms with Gasteiger partial charge in [-0.15, -0.1) is 11.3 Å². The van der Waals surface area contributed by atoms with Crippen LogP contribution >= 0.6 is 27.3 Å². The number of carbonyl (C=O) groups is 1. The Morgan fingerprint density at radius 3 is 2.65 bits per heavy atom. The number of hydrogen-bond acceptors (Lipinski definition) is 2. The molecule has 90 valence electrons. The zero-order valence-electron chi connectivity index (χ0n) is 10.2. The summed E-state index contributed by atoms with van der Waals surface area (Å²) in [6, 6.07) is 6.02. The van der Waals surface area contributed by atoms with Crippen LogP contribution in [0.1, 0.15) is 31.1 Å². The second kappa shape index (κ2) is 4.91. The van der Waals surface area contributed by atoms with Gasteiger partial charge in [0.05, 0.1) is 0 Å². The molecule has 0 saturated heterocycles. The Kier molecular flexibility index (Phi) is 3.69. The van der Waals surface area contributed by atoms with Crippen LogP contribution in [0.25, 0.3) is 10.1 Å². The van der Waals surface area contributed by atoms with Gasteiger partial charge in [-0.2, -0.15) is 0 Å². The number of thiophene rings is 1. The maximum absolute atomic E-state index is 12.4. The lowest BCUT2D eigenvalue weighted by atomic mass is 9.90. The van der Waals surface area contributed by atoms with Crippen LogP contribution in [0.3, 0.4) is 0 Å². The molecule has 0 amide bonds. The first-order valence-electron chi connectivity index (χ1n) is 5.72. The number of Topliss-reactive ketones (excluding diaryl/α,β-unsaturated/α-hetero) is 1. The third kappa shape index (κ3) is 2.31. The summed E-state index contributed by atoms with van der Waals surface area (Å²) in [6.07, 6.45) is 0. The predicted octanol–water partition coefficient (Wildman–Crippen LogP) is 5.14. The van der Waals surface area contributed by atoms with Gasteiger partial charge >= 0.3 is 0 Å². The molecule has 1 heterocycles. The highest BCUT2D eigenvalue weighted by atomic mass is 79.9. The molecule has 1 aromatic heterocycles. The van der Waals surface area contributed by atoms with Crippen molar-refractivity contribution in [1.82, 2.24) is 0 Å². The average Bonchev–Trinajstić information content (AvgIpc) is 2.72. The van der Waals surface area contributed by atoms with Gasteiger partial charge in [-0.05, 0) is 27.9 Å². The quantitative estimate of drug-likeness (QED) is 0.717. The molecule has 1 unspecified atom stereocenters. The Morgan fingerprint density at radius 1 is 1.29 bits per heavy atom. The van der Waals surface area contributed by atoms with Crippen LogP contribution in [0.2, 0.25) is 0 Å². The number of fused-ring (bicyclic) bond motifs is 1. The normalized spacial score (nSPS) is 13.2. The highest BCUT2D eigenvalue weighted by Gasteiger charge is 2.21. The molecule has 0 aliphatic carbocycles. The summed E-state index contributed by atoms with van der Waals surface area (Å²) in [7, 11) is 0. The Balaban J connectivity index is 2.50. The van der Waals surface area contributed by atoms with E-state index >= 15 is 0 Å². The van der Waals surface area contributed by atoms with Crippen molar-refractivity contribution in [2.24, 2.45) is 11.8 Å². The van der Waals surface area contributed by atoms with Gasteiger partial charge in [0.1, 0.15) is 0 Å². The lowest BCUT2D eigenvalue weighted by Crippen LogP contribution is -2.16. The first-order chi connectivity index (χ1) is 8.02. The molecule has 1 aromatic carbocycles. The molecule has 0 N–H and O–H groups in total. The Hall–Kier alpha value is -0.670. The van der Waals surface area contributed by atoms with Crippen molar-refractivity contribution in [1.29, 1.82) is 0 Å². The molecule has 1 nitrogen and oxygen atoms in total. The monoisotopic (exact) mass is 310 g/mol. The first kappa shape index (κ1) is 12.8. The van der Waals surface area contributed by atoms with E-state index < -0.39 is 0 Å². The molecule has 0 fully saturated rings. The fourth-order valence-corrected chi connectivity index (χ4v) is 3.37. The van der Waals surface area contributed by atoms with Crippen LogP contribution < -0.4 is 0 Å². The Morgan fingerprint density at radius 2 is 2.00 bits per heavy atom. The van der Waals surface area contributed by atoms with Crippen LogP contribution in [0.5, 0.6) is 0 Å². The minimum Gasteiger partial charge on any atom is -0.294 e. The number of hydrogen-bond donors (Lipinski definition) is 0. The number of benzene rings is 1. The zero-order valence-corrected chi connectivity index (χ0v) is 12.6. The number of rotatable bonds is 3. The molecule has 0 bridgehead atoms. The van der Waals surface area contributed by atoms with Crippen LogP contribution in [0.15, 0.2) is 28.1 Å². The lowest BCUT2D eigenvalue weighted by molar-refractivity contribution is 0.0902. The summed E-state index contributed by atoms with van der Waals surface area (Å²) in [5.41, 5.74) is 0.868. The van der Waals surface area contributed by atoms with E-state index in [1.807, 2.05) is 30.5 Å². The topological polar surface area (TPSA) is 17.1 Å². The van der Waals surface area contributed by atoms with Gasteiger partial charge in [0.2, 0.25) is 0 Å². The van der Waals surface area contributed by atoms with Gasteiger partial charge in [0.15, 0.2) is 5.78 Å². The highest BCUT2D eigenvalue weighted by Crippen LogP contribution is 2.34. The van der Waals surface area contributed by atoms with Gasteiger partial charge < -0.3 is 0 Å². The third-order valence-corrected chi connectivity index (χ3v) is 5.18. The van der Waals surface area contributed by atoms with E-state index in [1.54, 1.807) is 11.3 Å². The number of halogens is 1. The van der Waals surface area contributed by atoms with Gasteiger partial charge in [-0.3, -0.25) is 4.79 Å². The smallest absolute Gasteiger partial charge is 0.167 e. The SMILES string of the molecule is CC(C)C(C)C(=O)c1csc2c(Br)cccc12. The summed E-state index contributed by atoms with van der Waals surface area (Å²) >= 11 is 5.15. The minimum atomic E-state index is 0.0757. The summed E-state index contributed by atoms with van der Waals surface area (Å²) in [5, 5.41) is 3.05. The average molecular weight is 311 g/mol. The molecule has 0 aliphatic rings. The van der Waals surface area contributed by atoms with Crippen molar-refractivity contribution >= 4 is 43.1 Å². The van der Waals surface area contributed by atoms with Gasteiger partial charge in [-0.1, -0.05) is 32.9 Å². The minimum absolute atomic E-state index is 0.0757. The van der Waals surface area contributed by atoms with Crippen LogP contribution in [-0.4, -0.2) is 5.78 Å². The molecule has 0 aliphatic heterocycles. The molecule has 1 atom stereocenters. The second-order valence-corrected chi connectivity index (χ2v) is 6.40. The van der Waals surface area contributed by atoms with E-state index in [-0.39, 0.29) is 11.7 Å². The second-order valence-electron chi connectivity index (χ2n) is 4.66. The highest BCUT2D eigenvalue weighted by molar-refractivity contribution is 9.10. The maximum Gasteiger partial charge on any atom is 0.167 e. The summed E-state index contributed by atoms with van der Waals surface area (Å²) in [4.78, 5) is 12.4. The summed E-state index contributed by atoms with van der Waals surface area (Å²) in [6.45, 7) is 6.19. The van der Waals surface area contributed by atoms with E-state index in [4.69, 9.17) is 0 Å². The van der Waals surface area contributed by atoms with E-state index in [0.29, 0.717) is 5.92 Å². The molecular weight excluding hydrogens is 296 g/mol. The maximum atomic E-state index is 12.4. The molecule has 2 aromatic rings. The molecule has 2 rings (SSSR count).